The first-order valence-electron chi connectivity index (χ1n) is 12.1. The zero-order valence-corrected chi connectivity index (χ0v) is 20.5. The number of benzene rings is 3. The smallest absolute Gasteiger partial charge is 0.246 e. The van der Waals surface area contributed by atoms with Gasteiger partial charge in [0.25, 0.3) is 0 Å². The Morgan fingerprint density at radius 2 is 1.73 bits per heavy atom. The van der Waals surface area contributed by atoms with E-state index < -0.39 is 17.9 Å². The van der Waals surface area contributed by atoms with Crippen molar-refractivity contribution in [3.63, 3.8) is 0 Å². The molecule has 3 aromatic carbocycles. The van der Waals surface area contributed by atoms with Crippen LogP contribution >= 0.6 is 0 Å². The average molecular weight is 500 g/mol. The van der Waals surface area contributed by atoms with Gasteiger partial charge in [-0.25, -0.2) is 4.39 Å². The lowest BCUT2D eigenvalue weighted by Gasteiger charge is -2.47. The summed E-state index contributed by atoms with van der Waals surface area (Å²) in [6.07, 6.45) is 0.376. The number of nitrogens with one attached hydrogen (secondary N) is 1. The second-order valence-electron chi connectivity index (χ2n) is 9.39. The summed E-state index contributed by atoms with van der Waals surface area (Å²) in [5.74, 6) is 0.342. The average Bonchev–Trinajstić information content (AvgIpc) is 3.29. The molecule has 2 aliphatic heterocycles. The summed E-state index contributed by atoms with van der Waals surface area (Å²) in [6, 6.07) is 18.6. The predicted molar refractivity (Wildman–Crippen MR) is 136 cm³/mol. The van der Waals surface area contributed by atoms with Gasteiger partial charge >= 0.3 is 0 Å². The van der Waals surface area contributed by atoms with Gasteiger partial charge in [-0.1, -0.05) is 42.5 Å². The van der Waals surface area contributed by atoms with E-state index in [1.807, 2.05) is 36.4 Å². The van der Waals surface area contributed by atoms with Gasteiger partial charge in [-0.3, -0.25) is 9.59 Å². The third-order valence-corrected chi connectivity index (χ3v) is 7.38. The molecular weight excluding hydrogens is 473 g/mol. The molecule has 6 rings (SSSR count). The number of H-pyrrole nitrogens is 1. The van der Waals surface area contributed by atoms with Crippen molar-refractivity contribution < 1.29 is 23.5 Å². The molecule has 1 fully saturated rings. The number of para-hydroxylation sites is 1. The lowest BCUT2D eigenvalue weighted by atomic mass is 9.86. The second-order valence-corrected chi connectivity index (χ2v) is 9.39. The van der Waals surface area contributed by atoms with E-state index in [1.54, 1.807) is 43.4 Å². The van der Waals surface area contributed by atoms with Gasteiger partial charge in [0, 0.05) is 35.1 Å². The monoisotopic (exact) mass is 499 g/mol. The zero-order valence-electron chi connectivity index (χ0n) is 20.5. The van der Waals surface area contributed by atoms with Crippen LogP contribution in [-0.2, 0) is 22.6 Å². The molecule has 37 heavy (non-hydrogen) atoms. The number of hydrogen-bond donors (Lipinski definition) is 1. The molecule has 1 aromatic heterocycles. The maximum Gasteiger partial charge on any atom is 0.246 e. The van der Waals surface area contributed by atoms with E-state index >= 15 is 0 Å². The van der Waals surface area contributed by atoms with Crippen molar-refractivity contribution >= 4 is 22.7 Å². The Balaban J connectivity index is 1.47. The lowest BCUT2D eigenvalue weighted by Crippen LogP contribution is -2.62. The summed E-state index contributed by atoms with van der Waals surface area (Å²) < 4.78 is 25.3. The van der Waals surface area contributed by atoms with Crippen molar-refractivity contribution in [1.82, 2.24) is 14.8 Å². The Bertz CT molecular complexity index is 1530. The number of piperazine rings is 1. The largest absolute Gasteiger partial charge is 0.493 e. The summed E-state index contributed by atoms with van der Waals surface area (Å²) in [7, 11) is 3.14. The molecule has 0 bridgehead atoms. The SMILES string of the molecule is COc1ccc([C@H]2c3[nH]c4ccccc4c3C[C@H]3C(=O)N(Cc4ccccc4F)CC(=O)N23)cc1OC. The number of ether oxygens (including phenoxy) is 2. The molecule has 7 nitrogen and oxygen atoms in total. The van der Waals surface area contributed by atoms with Gasteiger partial charge in [-0.2, -0.15) is 0 Å². The Hall–Kier alpha value is -4.33. The highest BCUT2D eigenvalue weighted by molar-refractivity contribution is 5.97. The number of carbonyl (C=O) groups is 2. The summed E-state index contributed by atoms with van der Waals surface area (Å²) in [6.45, 7) is -0.0770. The number of carbonyl (C=O) groups excluding carboxylic acids is 2. The molecule has 3 heterocycles. The third-order valence-electron chi connectivity index (χ3n) is 7.38. The first-order chi connectivity index (χ1) is 18.0. The molecule has 2 aliphatic rings. The van der Waals surface area contributed by atoms with Crippen LogP contribution in [0.25, 0.3) is 10.9 Å². The highest BCUT2D eigenvalue weighted by Gasteiger charge is 2.48. The molecule has 0 radical (unpaired) electrons. The topological polar surface area (TPSA) is 74.9 Å². The fourth-order valence-corrected chi connectivity index (χ4v) is 5.66. The standard InChI is InChI=1S/C29H26FN3O4/c1-36-24-12-11-17(13-25(24)37-2)28-27-20(19-8-4-6-10-22(19)31-27)14-23-29(35)32(16-26(34)33(23)28)15-18-7-3-5-9-21(18)30/h3-13,23,28,31H,14-16H2,1-2H3/t23-,28-/m0/s1. The summed E-state index contributed by atoms with van der Waals surface area (Å²) in [5.41, 5.74) is 4.02. The van der Waals surface area contributed by atoms with E-state index in [0.29, 0.717) is 23.5 Å². The minimum Gasteiger partial charge on any atom is -0.493 e. The highest BCUT2D eigenvalue weighted by Crippen LogP contribution is 2.44. The highest BCUT2D eigenvalue weighted by atomic mass is 19.1. The first-order valence-corrected chi connectivity index (χ1v) is 12.1. The van der Waals surface area contributed by atoms with E-state index in [1.165, 1.54) is 11.0 Å². The lowest BCUT2D eigenvalue weighted by molar-refractivity contribution is -0.159. The molecule has 2 atom stereocenters. The van der Waals surface area contributed by atoms with E-state index in [9.17, 15) is 14.0 Å². The van der Waals surface area contributed by atoms with Crippen LogP contribution in [0.5, 0.6) is 11.5 Å². The van der Waals surface area contributed by atoms with Crippen LogP contribution in [0.15, 0.2) is 66.7 Å². The molecular formula is C29H26FN3O4. The number of methoxy groups -OCH3 is 2. The quantitative estimate of drug-likeness (QED) is 0.447. The van der Waals surface area contributed by atoms with Crippen LogP contribution in [0.1, 0.15) is 28.4 Å². The summed E-state index contributed by atoms with van der Waals surface area (Å²) >= 11 is 0. The number of amides is 2. The van der Waals surface area contributed by atoms with Crippen LogP contribution in [0.3, 0.4) is 0 Å². The maximum absolute atomic E-state index is 14.4. The molecule has 0 spiro atoms. The van der Waals surface area contributed by atoms with Gasteiger partial charge < -0.3 is 24.3 Å². The van der Waals surface area contributed by atoms with Crippen molar-refractivity contribution in [3.05, 3.63) is 94.9 Å². The Kier molecular flexibility index (Phi) is 5.59. The number of aromatic nitrogens is 1. The molecule has 2 amide bonds. The molecule has 4 aromatic rings. The van der Waals surface area contributed by atoms with Crippen LogP contribution in [0, 0.1) is 5.82 Å². The van der Waals surface area contributed by atoms with Gasteiger partial charge in [0.05, 0.1) is 20.3 Å². The fraction of sp³-hybridized carbons (Fsp3) is 0.241. The molecule has 0 saturated carbocycles. The van der Waals surface area contributed by atoms with Crippen LogP contribution in [0.2, 0.25) is 0 Å². The number of nitrogens with zero attached hydrogens (tertiary/aromatic N) is 2. The van der Waals surface area contributed by atoms with Crippen LogP contribution < -0.4 is 9.47 Å². The summed E-state index contributed by atoms with van der Waals surface area (Å²) in [5, 5.41) is 1.02. The fourth-order valence-electron chi connectivity index (χ4n) is 5.66. The number of fused-ring (bicyclic) bond motifs is 4. The molecule has 1 N–H and O–H groups in total. The number of aromatic amines is 1. The van der Waals surface area contributed by atoms with Gasteiger partial charge in [0.15, 0.2) is 11.5 Å². The number of halogens is 1. The molecule has 0 aliphatic carbocycles. The third kappa shape index (κ3) is 3.71. The zero-order chi connectivity index (χ0) is 25.7. The van der Waals surface area contributed by atoms with Crippen molar-refractivity contribution in [3.8, 4) is 11.5 Å². The maximum atomic E-state index is 14.4. The van der Waals surface area contributed by atoms with E-state index in [2.05, 4.69) is 4.98 Å². The first kappa shape index (κ1) is 23.1. The normalized spacial score (nSPS) is 19.1. The minimum absolute atomic E-state index is 0.0450. The van der Waals surface area contributed by atoms with Crippen molar-refractivity contribution in [2.24, 2.45) is 0 Å². The molecule has 188 valence electrons. The van der Waals surface area contributed by atoms with Crippen molar-refractivity contribution in [2.45, 2.75) is 25.0 Å². The van der Waals surface area contributed by atoms with Crippen LogP contribution in [-0.4, -0.2) is 53.4 Å². The van der Waals surface area contributed by atoms with E-state index in [0.717, 1.165) is 27.7 Å². The summed E-state index contributed by atoms with van der Waals surface area (Å²) in [4.78, 5) is 34.2. The number of hydrogen-bond acceptors (Lipinski definition) is 4. The van der Waals surface area contributed by atoms with E-state index in [4.69, 9.17) is 9.47 Å². The number of rotatable bonds is 5. The molecule has 1 saturated heterocycles. The second kappa shape index (κ2) is 8.96. The Morgan fingerprint density at radius 3 is 2.51 bits per heavy atom. The van der Waals surface area contributed by atoms with Gasteiger partial charge in [0.2, 0.25) is 11.8 Å². The van der Waals surface area contributed by atoms with Gasteiger partial charge in [-0.05, 0) is 35.4 Å². The van der Waals surface area contributed by atoms with Crippen molar-refractivity contribution in [1.29, 1.82) is 0 Å². The molecule has 8 heteroatoms. The van der Waals surface area contributed by atoms with Crippen LogP contribution in [0.4, 0.5) is 4.39 Å². The van der Waals surface area contributed by atoms with Crippen molar-refractivity contribution in [2.75, 3.05) is 20.8 Å². The minimum atomic E-state index is -0.710. The van der Waals surface area contributed by atoms with Gasteiger partial charge in [-0.15, -0.1) is 0 Å². The van der Waals surface area contributed by atoms with Gasteiger partial charge in [0.1, 0.15) is 18.4 Å². The molecule has 0 unspecified atom stereocenters. The Labute approximate surface area is 213 Å². The van der Waals surface area contributed by atoms with E-state index in [-0.39, 0.29) is 24.9 Å². The Morgan fingerprint density at radius 1 is 0.973 bits per heavy atom. The predicted octanol–water partition coefficient (Wildman–Crippen LogP) is 4.21.